The molecule has 0 bridgehead atoms. The van der Waals surface area contributed by atoms with Gasteiger partial charge in [0.1, 0.15) is 0 Å². The topological polar surface area (TPSA) is 9.72 Å². The van der Waals surface area contributed by atoms with E-state index in [4.69, 9.17) is 0 Å². The lowest BCUT2D eigenvalue weighted by atomic mass is 9.33. The third kappa shape index (κ3) is 7.48. The molecule has 5 aliphatic rings. The van der Waals surface area contributed by atoms with Crippen molar-refractivity contribution in [2.45, 2.75) is 194 Å². The predicted molar refractivity (Wildman–Crippen MR) is 330 cm³/mol. The molecule has 3 heterocycles. The number of anilines is 8. The van der Waals surface area contributed by atoms with E-state index < -0.39 is 0 Å². The van der Waals surface area contributed by atoms with Gasteiger partial charge in [0.25, 0.3) is 6.71 Å². The Morgan fingerprint density at radius 2 is 0.882 bits per heavy atom. The first-order valence-corrected chi connectivity index (χ1v) is 28.8. The molecule has 0 N–H and O–H groups in total. The second kappa shape index (κ2) is 16.3. The monoisotopic (exact) mass is 1000 g/mol. The Hall–Kier alpha value is -6.00. The van der Waals surface area contributed by atoms with Crippen LogP contribution in [-0.2, 0) is 37.9 Å². The summed E-state index contributed by atoms with van der Waals surface area (Å²) in [5.41, 5.74) is 26.6. The first kappa shape index (κ1) is 50.8. The molecule has 1 fully saturated rings. The fraction of sp³-hybridized carbons (Fsp3) is 0.417. The number of hydrogen-bond donors (Lipinski definition) is 0. The van der Waals surface area contributed by atoms with Crippen molar-refractivity contribution in [2.75, 3.05) is 14.7 Å². The maximum atomic E-state index is 2.80. The maximum absolute atomic E-state index is 2.80. The van der Waals surface area contributed by atoms with Gasteiger partial charge in [0.2, 0.25) is 0 Å². The molecule has 3 aliphatic heterocycles. The predicted octanol–water partition coefficient (Wildman–Crippen LogP) is 17.9. The normalized spacial score (nSPS) is 21.0. The second-order valence-electron chi connectivity index (χ2n) is 29.8. The molecule has 7 aromatic carbocycles. The Kier molecular flexibility index (Phi) is 10.9. The van der Waals surface area contributed by atoms with Crippen LogP contribution in [0.1, 0.15) is 189 Å². The highest BCUT2D eigenvalue weighted by Crippen LogP contribution is 2.66. The fourth-order valence-corrected chi connectivity index (χ4v) is 14.3. The van der Waals surface area contributed by atoms with Crippen molar-refractivity contribution in [2.24, 2.45) is 0 Å². The van der Waals surface area contributed by atoms with E-state index >= 15 is 0 Å². The molecular weight excluding hydrogens is 918 g/mol. The van der Waals surface area contributed by atoms with Crippen LogP contribution in [0.4, 0.5) is 45.5 Å². The van der Waals surface area contributed by atoms with Gasteiger partial charge >= 0.3 is 0 Å². The molecule has 2 atom stereocenters. The van der Waals surface area contributed by atoms with E-state index in [1.807, 2.05) is 0 Å². The Balaban J connectivity index is 1.25. The van der Waals surface area contributed by atoms with Gasteiger partial charge in [0, 0.05) is 50.8 Å². The molecule has 0 saturated heterocycles. The Morgan fingerprint density at radius 1 is 0.382 bits per heavy atom. The largest absolute Gasteiger partial charge is 0.334 e. The summed E-state index contributed by atoms with van der Waals surface area (Å²) in [5.74, 6) is 0. The first-order valence-electron chi connectivity index (χ1n) is 28.8. The minimum Gasteiger partial charge on any atom is -0.334 e. The van der Waals surface area contributed by atoms with Gasteiger partial charge in [-0.15, -0.1) is 0 Å². The number of benzene rings is 7. The van der Waals surface area contributed by atoms with Crippen LogP contribution < -0.4 is 31.1 Å². The quantitative estimate of drug-likeness (QED) is 0.163. The van der Waals surface area contributed by atoms with E-state index in [0.29, 0.717) is 0 Å². The van der Waals surface area contributed by atoms with Crippen LogP contribution in [0.15, 0.2) is 133 Å². The highest BCUT2D eigenvalue weighted by molar-refractivity contribution is 7.00. The molecule has 0 spiro atoms. The standard InChI is InChI=1S/C72H84BN3/c1-65(2,3)46-24-29-50(30-25-46)74-60-33-28-49(68(10,11)12)40-56(60)73-57-43-53-54(70(15,16)35-34-69(53,13)14)44-61(57)75(58-31-26-47(66(4,5)6)38-52(58)45-22-20-19-21-23-45)63-42-51(41-62(74)64(63)73)76-59-32-27-48(67(7,8)9)39-55(59)71(17)36-37-72(71,76)18/h19-33,38-44H,34-37H2,1-18H3. The fourth-order valence-electron chi connectivity index (χ4n) is 14.3. The second-order valence-corrected chi connectivity index (χ2v) is 29.8. The number of nitrogens with zero attached hydrogens (tertiary/aromatic N) is 3. The molecule has 12 rings (SSSR count). The van der Waals surface area contributed by atoms with Gasteiger partial charge in [-0.05, 0) is 181 Å². The summed E-state index contributed by atoms with van der Waals surface area (Å²) in [6, 6.07) is 53.8. The van der Waals surface area contributed by atoms with Crippen LogP contribution in [0, 0.1) is 0 Å². The lowest BCUT2D eigenvalue weighted by Gasteiger charge is -2.56. The number of rotatable bonds is 4. The summed E-state index contributed by atoms with van der Waals surface area (Å²) in [6.07, 6.45) is 4.62. The highest BCUT2D eigenvalue weighted by Gasteiger charge is 2.63. The van der Waals surface area contributed by atoms with E-state index in [9.17, 15) is 0 Å². The molecule has 7 aromatic rings. The summed E-state index contributed by atoms with van der Waals surface area (Å²) >= 11 is 0. The Morgan fingerprint density at radius 3 is 1.45 bits per heavy atom. The molecule has 2 unspecified atom stereocenters. The summed E-state index contributed by atoms with van der Waals surface area (Å²) < 4.78 is 0. The van der Waals surface area contributed by atoms with E-state index in [2.05, 4.69) is 273 Å². The Labute approximate surface area is 458 Å². The molecular formula is C72H84BN3. The molecule has 2 aliphatic carbocycles. The van der Waals surface area contributed by atoms with E-state index in [-0.39, 0.29) is 50.2 Å². The lowest BCUT2D eigenvalue weighted by Crippen LogP contribution is -2.62. The molecule has 390 valence electrons. The zero-order chi connectivity index (χ0) is 54.2. The highest BCUT2D eigenvalue weighted by atomic mass is 15.3. The number of hydrogen-bond acceptors (Lipinski definition) is 3. The van der Waals surface area contributed by atoms with Gasteiger partial charge in [-0.25, -0.2) is 0 Å². The summed E-state index contributed by atoms with van der Waals surface area (Å²) in [6.45, 7) is 43.4. The Bertz CT molecular complexity index is 3510. The van der Waals surface area contributed by atoms with Gasteiger partial charge < -0.3 is 14.7 Å². The number of fused-ring (bicyclic) bond motifs is 8. The van der Waals surface area contributed by atoms with Crippen molar-refractivity contribution < 1.29 is 0 Å². The minimum atomic E-state index is -0.116. The molecule has 0 amide bonds. The average molecular weight is 1000 g/mol. The van der Waals surface area contributed by atoms with Crippen molar-refractivity contribution in [3.05, 3.63) is 172 Å². The molecule has 1 saturated carbocycles. The van der Waals surface area contributed by atoms with Gasteiger partial charge in [0.05, 0.1) is 11.2 Å². The minimum absolute atomic E-state index is 0.00466. The summed E-state index contributed by atoms with van der Waals surface area (Å²) in [4.78, 5) is 8.21. The molecule has 3 nitrogen and oxygen atoms in total. The third-order valence-corrected chi connectivity index (χ3v) is 19.8. The van der Waals surface area contributed by atoms with E-state index in [1.165, 1.54) is 118 Å². The van der Waals surface area contributed by atoms with Crippen molar-refractivity contribution in [1.82, 2.24) is 0 Å². The first-order chi connectivity index (χ1) is 35.4. The maximum Gasteiger partial charge on any atom is 0.252 e. The van der Waals surface area contributed by atoms with Crippen molar-refractivity contribution in [3.63, 3.8) is 0 Å². The third-order valence-electron chi connectivity index (χ3n) is 19.8. The van der Waals surface area contributed by atoms with Crippen LogP contribution in [0.3, 0.4) is 0 Å². The van der Waals surface area contributed by atoms with Crippen molar-refractivity contribution in [1.29, 1.82) is 0 Å². The SMILES string of the molecule is CC(C)(C)c1ccc(N2c3ccc(C(C)(C)C)cc3B3c4cc5c(cc4N(c4ccc(C(C)(C)C)cc4-c4ccccc4)c4cc(N6c7ccc(C(C)(C)C)cc7C7(C)CCC67C)cc2c43)C(C)(C)CCC5(C)C)cc1. The van der Waals surface area contributed by atoms with Gasteiger partial charge in [0.15, 0.2) is 0 Å². The van der Waals surface area contributed by atoms with Gasteiger partial charge in [-0.2, -0.15) is 0 Å². The lowest BCUT2D eigenvalue weighted by molar-refractivity contribution is 0.133. The molecule has 0 radical (unpaired) electrons. The smallest absolute Gasteiger partial charge is 0.252 e. The van der Waals surface area contributed by atoms with Crippen LogP contribution in [-0.4, -0.2) is 12.3 Å². The van der Waals surface area contributed by atoms with E-state index in [1.54, 1.807) is 0 Å². The van der Waals surface area contributed by atoms with Crippen molar-refractivity contribution in [3.8, 4) is 11.1 Å². The summed E-state index contributed by atoms with van der Waals surface area (Å²) in [7, 11) is 0. The zero-order valence-corrected chi connectivity index (χ0v) is 49.4. The van der Waals surface area contributed by atoms with Crippen LogP contribution >= 0.6 is 0 Å². The van der Waals surface area contributed by atoms with Crippen molar-refractivity contribution >= 4 is 68.6 Å². The molecule has 4 heteroatoms. The average Bonchev–Trinajstić information content (AvgIpc) is 3.48. The van der Waals surface area contributed by atoms with Gasteiger partial charge in [-0.1, -0.05) is 197 Å². The van der Waals surface area contributed by atoms with Gasteiger partial charge in [-0.3, -0.25) is 0 Å². The van der Waals surface area contributed by atoms with Crippen LogP contribution in [0.5, 0.6) is 0 Å². The molecule has 76 heavy (non-hydrogen) atoms. The summed E-state index contributed by atoms with van der Waals surface area (Å²) in [5, 5.41) is 0. The van der Waals surface area contributed by atoms with Crippen LogP contribution in [0.25, 0.3) is 11.1 Å². The van der Waals surface area contributed by atoms with E-state index in [0.717, 1.165) is 19.3 Å². The van der Waals surface area contributed by atoms with Crippen LogP contribution in [0.2, 0.25) is 0 Å². The zero-order valence-electron chi connectivity index (χ0n) is 49.4. The molecule has 0 aromatic heterocycles.